The summed E-state index contributed by atoms with van der Waals surface area (Å²) in [7, 11) is 0. The van der Waals surface area contributed by atoms with E-state index in [1.165, 1.54) is 181 Å². The Labute approximate surface area is 464 Å². The topological polar surface area (TPSA) is 0 Å². The largest absolute Gasteiger partial charge is 0.0726 e. The monoisotopic (exact) mass is 1010 g/mol. The van der Waals surface area contributed by atoms with Crippen LogP contribution in [0, 0.1) is 13.8 Å². The normalized spacial score (nSPS) is 14.1. The molecule has 3 aliphatic carbocycles. The van der Waals surface area contributed by atoms with Crippen LogP contribution in [0.3, 0.4) is 0 Å². The molecule has 13 aromatic carbocycles. The Morgan fingerprint density at radius 3 is 1.14 bits per heavy atom. The molecule has 0 aromatic heterocycles. The van der Waals surface area contributed by atoms with Crippen LogP contribution in [0.15, 0.2) is 188 Å². The first-order valence-electron chi connectivity index (χ1n) is 28.7. The third-order valence-electron chi connectivity index (χ3n) is 19.2. The van der Waals surface area contributed by atoms with Crippen molar-refractivity contribution in [3.63, 3.8) is 0 Å². The average molecular weight is 1010 g/mol. The molecule has 0 heteroatoms. The highest BCUT2D eigenvalue weighted by Gasteiger charge is 2.53. The molecule has 0 bridgehead atoms. The van der Waals surface area contributed by atoms with Gasteiger partial charge in [-0.3, -0.25) is 0 Å². The average Bonchev–Trinajstić information content (AvgIpc) is 1.77. The molecule has 0 heterocycles. The standard InChI is InChI=1S/C79H64/c1-43-19-23-45(24-20-43)70-52-15-12-13-16-53(52)71(46-25-21-44(2)22-26-46)64-41-62-57-35-36-58-65-42-69-73(60-18-14-17-54(72(60)65)55-33-34-56(75(57)74(55)58)61(62)40-63(64)70)59-32-29-49(78(9,10)11)39-68(59)79(69)66-37-47(76(3,4)5)27-30-50(66)51-31-28-48(38-67(51)79)77(6,7)8/h12-42H,1-11H3. The molecule has 0 unspecified atom stereocenters. The molecule has 0 N–H and O–H groups in total. The first kappa shape index (κ1) is 46.7. The zero-order chi connectivity index (χ0) is 54.0. The lowest BCUT2D eigenvalue weighted by atomic mass is 9.67. The van der Waals surface area contributed by atoms with Crippen molar-refractivity contribution in [2.75, 3.05) is 0 Å². The maximum atomic E-state index is 2.70. The van der Waals surface area contributed by atoms with E-state index in [1.807, 2.05) is 0 Å². The molecule has 3 aliphatic rings. The molecule has 0 atom stereocenters. The van der Waals surface area contributed by atoms with Crippen LogP contribution >= 0.6 is 0 Å². The lowest BCUT2D eigenvalue weighted by Crippen LogP contribution is -2.28. The number of hydrogen-bond donors (Lipinski definition) is 0. The third-order valence-corrected chi connectivity index (χ3v) is 19.2. The second-order valence-electron chi connectivity index (χ2n) is 26.9. The van der Waals surface area contributed by atoms with Gasteiger partial charge in [0.05, 0.1) is 5.41 Å². The molecule has 0 fully saturated rings. The summed E-state index contributed by atoms with van der Waals surface area (Å²) < 4.78 is 0. The Balaban J connectivity index is 1.03. The molecule has 16 rings (SSSR count). The molecule has 79 heavy (non-hydrogen) atoms. The number of fused-ring (bicyclic) bond motifs is 18. The number of benzene rings is 13. The number of aryl methyl sites for hydroxylation is 2. The van der Waals surface area contributed by atoms with Gasteiger partial charge in [-0.05, 0) is 219 Å². The van der Waals surface area contributed by atoms with Crippen molar-refractivity contribution in [1.82, 2.24) is 0 Å². The third kappa shape index (κ3) is 6.16. The summed E-state index contributed by atoms with van der Waals surface area (Å²) in [5.74, 6) is 0. The van der Waals surface area contributed by atoms with Gasteiger partial charge < -0.3 is 0 Å². The van der Waals surface area contributed by atoms with E-state index in [4.69, 9.17) is 0 Å². The minimum absolute atomic E-state index is 0.0359. The molecule has 380 valence electrons. The van der Waals surface area contributed by atoms with E-state index in [0.717, 1.165) is 0 Å². The van der Waals surface area contributed by atoms with Crippen LogP contribution in [0.2, 0.25) is 0 Å². The summed E-state index contributed by atoms with van der Waals surface area (Å²) in [5, 5.41) is 15.9. The Morgan fingerprint density at radius 1 is 0.253 bits per heavy atom. The highest BCUT2D eigenvalue weighted by Crippen LogP contribution is 2.66. The molecule has 0 saturated heterocycles. The predicted molar refractivity (Wildman–Crippen MR) is 340 cm³/mol. The van der Waals surface area contributed by atoms with E-state index < -0.39 is 5.41 Å². The van der Waals surface area contributed by atoms with Crippen LogP contribution in [-0.4, -0.2) is 0 Å². The van der Waals surface area contributed by atoms with Crippen molar-refractivity contribution in [2.45, 2.75) is 97.8 Å². The van der Waals surface area contributed by atoms with E-state index in [0.29, 0.717) is 0 Å². The maximum absolute atomic E-state index is 2.70. The lowest BCUT2D eigenvalue weighted by molar-refractivity contribution is 0.584. The number of rotatable bonds is 2. The Bertz CT molecular complexity index is 4680. The van der Waals surface area contributed by atoms with E-state index >= 15 is 0 Å². The van der Waals surface area contributed by atoms with E-state index in [-0.39, 0.29) is 16.2 Å². The van der Waals surface area contributed by atoms with Gasteiger partial charge in [-0.2, -0.15) is 0 Å². The zero-order valence-corrected chi connectivity index (χ0v) is 47.4. The first-order chi connectivity index (χ1) is 37.9. The van der Waals surface area contributed by atoms with Crippen LogP contribution in [0.1, 0.15) is 112 Å². The summed E-state index contributed by atoms with van der Waals surface area (Å²) in [5.41, 5.74) is 27.5. The summed E-state index contributed by atoms with van der Waals surface area (Å²) in [6, 6.07) is 74.9. The van der Waals surface area contributed by atoms with Gasteiger partial charge in [0, 0.05) is 0 Å². The molecule has 0 amide bonds. The van der Waals surface area contributed by atoms with Gasteiger partial charge in [-0.25, -0.2) is 0 Å². The van der Waals surface area contributed by atoms with Crippen LogP contribution < -0.4 is 0 Å². The molecular weight excluding hydrogens is 949 g/mol. The molecule has 0 aliphatic heterocycles. The summed E-state index contributed by atoms with van der Waals surface area (Å²) in [4.78, 5) is 0. The summed E-state index contributed by atoms with van der Waals surface area (Å²) in [6.45, 7) is 25.7. The van der Waals surface area contributed by atoms with Gasteiger partial charge in [0.2, 0.25) is 0 Å². The van der Waals surface area contributed by atoms with Gasteiger partial charge in [0.1, 0.15) is 0 Å². The van der Waals surface area contributed by atoms with Crippen molar-refractivity contribution < 1.29 is 0 Å². The fraction of sp³-hybridized carbons (Fsp3) is 0.190. The van der Waals surface area contributed by atoms with Crippen molar-refractivity contribution >= 4 is 64.6 Å². The first-order valence-corrected chi connectivity index (χ1v) is 28.7. The second kappa shape index (κ2) is 15.5. The van der Waals surface area contributed by atoms with Gasteiger partial charge in [-0.1, -0.05) is 243 Å². The summed E-state index contributed by atoms with van der Waals surface area (Å²) >= 11 is 0. The van der Waals surface area contributed by atoms with Gasteiger partial charge in [-0.15, -0.1) is 0 Å². The molecule has 0 nitrogen and oxygen atoms in total. The minimum atomic E-state index is -0.543. The fourth-order valence-corrected chi connectivity index (χ4v) is 15.2. The highest BCUT2D eigenvalue weighted by molar-refractivity contribution is 6.39. The van der Waals surface area contributed by atoms with Crippen LogP contribution in [0.5, 0.6) is 0 Å². The predicted octanol–water partition coefficient (Wildman–Crippen LogP) is 21.9. The van der Waals surface area contributed by atoms with E-state index in [9.17, 15) is 0 Å². The molecule has 1 spiro atoms. The smallest absolute Gasteiger partial charge is 0.0616 e. The van der Waals surface area contributed by atoms with E-state index in [1.54, 1.807) is 0 Å². The van der Waals surface area contributed by atoms with Crippen molar-refractivity contribution in [3.8, 4) is 66.8 Å². The Morgan fingerprint density at radius 2 is 0.658 bits per heavy atom. The van der Waals surface area contributed by atoms with Gasteiger partial charge in [0.15, 0.2) is 0 Å². The quantitative estimate of drug-likeness (QED) is 0.120. The summed E-state index contributed by atoms with van der Waals surface area (Å²) in [6.07, 6.45) is 0. The van der Waals surface area contributed by atoms with Crippen molar-refractivity contribution in [3.05, 3.63) is 238 Å². The zero-order valence-electron chi connectivity index (χ0n) is 47.4. The second-order valence-corrected chi connectivity index (χ2v) is 26.9. The molecular formula is C79H64. The Kier molecular flexibility index (Phi) is 9.16. The SMILES string of the molecule is Cc1ccc(-c2c3ccccc3c(-c3ccc(C)cc3)c3cc4c(cc23)-c2ccc3c5cccc6c7c(cc(c8ccc-4c2c38)c65)C2(c3cc(C(C)(C)C)ccc3-c3ccc(C(C)(C)C)cc32)c2cc(C(C)(C)C)ccc2-7)cc1. The fourth-order valence-electron chi connectivity index (χ4n) is 15.2. The van der Waals surface area contributed by atoms with Crippen LogP contribution in [-0.2, 0) is 21.7 Å². The van der Waals surface area contributed by atoms with E-state index in [2.05, 4.69) is 264 Å². The van der Waals surface area contributed by atoms with Gasteiger partial charge in [0.25, 0.3) is 0 Å². The van der Waals surface area contributed by atoms with Gasteiger partial charge >= 0.3 is 0 Å². The molecule has 0 radical (unpaired) electrons. The van der Waals surface area contributed by atoms with Crippen molar-refractivity contribution in [1.29, 1.82) is 0 Å². The van der Waals surface area contributed by atoms with Crippen molar-refractivity contribution in [2.24, 2.45) is 0 Å². The Hall–Kier alpha value is -8.32. The molecule has 13 aromatic rings. The number of hydrogen-bond acceptors (Lipinski definition) is 0. The highest BCUT2D eigenvalue weighted by atomic mass is 14.5. The van der Waals surface area contributed by atoms with Crippen LogP contribution in [0.4, 0.5) is 0 Å². The minimum Gasteiger partial charge on any atom is -0.0616 e. The lowest BCUT2D eigenvalue weighted by Gasteiger charge is -2.34. The molecule has 0 saturated carbocycles. The maximum Gasteiger partial charge on any atom is 0.0726 e. The van der Waals surface area contributed by atoms with Crippen LogP contribution in [0.25, 0.3) is 131 Å².